The third-order valence-electron chi connectivity index (χ3n) is 3.93. The Morgan fingerprint density at radius 2 is 2.10 bits per heavy atom. The first-order valence-corrected chi connectivity index (χ1v) is 7.03. The number of benzene rings is 1. The number of aryl methyl sites for hydroxylation is 1. The minimum Gasteiger partial charge on any atom is -0.462 e. The normalized spacial score (nSPS) is 21.8. The lowest BCUT2D eigenvalue weighted by molar-refractivity contribution is -0.120. The van der Waals surface area contributed by atoms with E-state index in [2.05, 4.69) is 5.32 Å². The van der Waals surface area contributed by atoms with Crippen LogP contribution in [-0.2, 0) is 9.53 Å². The van der Waals surface area contributed by atoms with Crippen molar-refractivity contribution in [2.75, 3.05) is 19.7 Å². The van der Waals surface area contributed by atoms with Gasteiger partial charge in [-0.2, -0.15) is 0 Å². The zero-order valence-corrected chi connectivity index (χ0v) is 12.2. The molecule has 0 bridgehead atoms. The van der Waals surface area contributed by atoms with Gasteiger partial charge >= 0.3 is 5.97 Å². The van der Waals surface area contributed by atoms with Crippen LogP contribution in [0.1, 0.15) is 41.3 Å². The van der Waals surface area contributed by atoms with E-state index in [9.17, 15) is 9.59 Å². The van der Waals surface area contributed by atoms with Crippen LogP contribution in [0.2, 0.25) is 0 Å². The molecule has 2 rings (SSSR count). The molecule has 0 aromatic heterocycles. The Bertz CT molecular complexity index is 524. The van der Waals surface area contributed by atoms with Crippen molar-refractivity contribution in [2.24, 2.45) is 5.92 Å². The van der Waals surface area contributed by atoms with E-state index in [1.807, 2.05) is 19.1 Å². The fraction of sp³-hybridized carbons (Fsp3) is 0.500. The average Bonchev–Trinajstić information content (AvgIpc) is 2.88. The molecule has 20 heavy (non-hydrogen) atoms. The highest BCUT2D eigenvalue weighted by molar-refractivity contribution is 5.90. The molecule has 0 spiro atoms. The van der Waals surface area contributed by atoms with Gasteiger partial charge in [-0.1, -0.05) is 6.07 Å². The first kappa shape index (κ1) is 14.7. The van der Waals surface area contributed by atoms with Gasteiger partial charge in [-0.05, 0) is 44.0 Å². The van der Waals surface area contributed by atoms with Crippen LogP contribution in [-0.4, -0.2) is 31.4 Å². The summed E-state index contributed by atoms with van der Waals surface area (Å²) in [4.78, 5) is 23.6. The molecule has 108 valence electrons. The molecule has 2 atom stereocenters. The topological polar surface area (TPSA) is 55.4 Å². The Hall–Kier alpha value is -1.68. The van der Waals surface area contributed by atoms with Crippen molar-refractivity contribution < 1.29 is 14.3 Å². The molecule has 4 heteroatoms. The molecule has 0 saturated carbocycles. The van der Waals surface area contributed by atoms with Crippen LogP contribution in [0, 0.1) is 12.8 Å². The molecule has 0 amide bonds. The molecule has 1 N–H and O–H groups in total. The van der Waals surface area contributed by atoms with Gasteiger partial charge < -0.3 is 10.1 Å². The van der Waals surface area contributed by atoms with E-state index in [1.54, 1.807) is 19.9 Å². The van der Waals surface area contributed by atoms with Gasteiger partial charge in [-0.15, -0.1) is 0 Å². The quantitative estimate of drug-likeness (QED) is 0.855. The molecular formula is C16H21NO3. The van der Waals surface area contributed by atoms with Crippen molar-refractivity contribution in [1.29, 1.82) is 0 Å². The minimum atomic E-state index is -0.306. The van der Waals surface area contributed by atoms with Crippen molar-refractivity contribution in [3.63, 3.8) is 0 Å². The zero-order valence-electron chi connectivity index (χ0n) is 12.2. The molecule has 1 saturated heterocycles. The molecule has 1 aliphatic rings. The summed E-state index contributed by atoms with van der Waals surface area (Å²) in [6.07, 6.45) is 0. The maximum Gasteiger partial charge on any atom is 0.338 e. The molecule has 1 aromatic carbocycles. The molecule has 0 radical (unpaired) electrons. The van der Waals surface area contributed by atoms with E-state index in [1.165, 1.54) is 0 Å². The first-order valence-electron chi connectivity index (χ1n) is 7.03. The number of rotatable bonds is 4. The summed E-state index contributed by atoms with van der Waals surface area (Å²) in [6, 6.07) is 5.58. The van der Waals surface area contributed by atoms with Crippen LogP contribution in [0.3, 0.4) is 0 Å². The SMILES string of the molecule is CCOC(=O)c1ccc(C)c([C@@H]2CNC[C@H]2C(C)=O)c1. The van der Waals surface area contributed by atoms with Crippen LogP contribution in [0.5, 0.6) is 0 Å². The number of Topliss-reactive ketones (excluding diaryl/α,β-unsaturated/α-hetero) is 1. The van der Waals surface area contributed by atoms with Crippen molar-refractivity contribution in [3.8, 4) is 0 Å². The third-order valence-corrected chi connectivity index (χ3v) is 3.93. The monoisotopic (exact) mass is 275 g/mol. The number of ether oxygens (including phenoxy) is 1. The van der Waals surface area contributed by atoms with Gasteiger partial charge in [0.2, 0.25) is 0 Å². The summed E-state index contributed by atoms with van der Waals surface area (Å²) < 4.78 is 5.04. The maximum atomic E-state index is 11.8. The van der Waals surface area contributed by atoms with E-state index in [0.717, 1.165) is 17.7 Å². The number of nitrogens with one attached hydrogen (secondary N) is 1. The highest BCUT2D eigenvalue weighted by atomic mass is 16.5. The second-order valence-corrected chi connectivity index (χ2v) is 5.27. The van der Waals surface area contributed by atoms with Crippen LogP contribution in [0.4, 0.5) is 0 Å². The summed E-state index contributed by atoms with van der Waals surface area (Å²) in [5.41, 5.74) is 2.74. The van der Waals surface area contributed by atoms with Crippen LogP contribution >= 0.6 is 0 Å². The van der Waals surface area contributed by atoms with E-state index in [4.69, 9.17) is 4.74 Å². The van der Waals surface area contributed by atoms with Crippen molar-refractivity contribution in [2.45, 2.75) is 26.7 Å². The second kappa shape index (κ2) is 6.18. The maximum absolute atomic E-state index is 11.8. The van der Waals surface area contributed by atoms with Gasteiger partial charge in [0.05, 0.1) is 12.2 Å². The molecule has 1 fully saturated rings. The lowest BCUT2D eigenvalue weighted by Gasteiger charge is -2.19. The summed E-state index contributed by atoms with van der Waals surface area (Å²) in [6.45, 7) is 7.29. The van der Waals surface area contributed by atoms with E-state index >= 15 is 0 Å². The van der Waals surface area contributed by atoms with Crippen molar-refractivity contribution in [3.05, 3.63) is 34.9 Å². The lowest BCUT2D eigenvalue weighted by atomic mass is 9.84. The molecule has 1 heterocycles. The van der Waals surface area contributed by atoms with Crippen LogP contribution < -0.4 is 5.32 Å². The van der Waals surface area contributed by atoms with E-state index in [-0.39, 0.29) is 23.6 Å². The second-order valence-electron chi connectivity index (χ2n) is 5.27. The molecular weight excluding hydrogens is 254 g/mol. The van der Waals surface area contributed by atoms with Gasteiger partial charge in [0.25, 0.3) is 0 Å². The molecule has 0 unspecified atom stereocenters. The zero-order chi connectivity index (χ0) is 14.7. The predicted octanol–water partition coefficient (Wildman–Crippen LogP) is 2.06. The smallest absolute Gasteiger partial charge is 0.338 e. The van der Waals surface area contributed by atoms with E-state index in [0.29, 0.717) is 18.7 Å². The third kappa shape index (κ3) is 2.90. The molecule has 0 aliphatic carbocycles. The Balaban J connectivity index is 2.33. The number of ketones is 1. The van der Waals surface area contributed by atoms with Crippen LogP contribution in [0.15, 0.2) is 18.2 Å². The van der Waals surface area contributed by atoms with Gasteiger partial charge in [0.1, 0.15) is 5.78 Å². The fourth-order valence-corrected chi connectivity index (χ4v) is 2.81. The number of carbonyl (C=O) groups is 2. The number of carbonyl (C=O) groups excluding carboxylic acids is 2. The fourth-order valence-electron chi connectivity index (χ4n) is 2.81. The van der Waals surface area contributed by atoms with Gasteiger partial charge in [0.15, 0.2) is 0 Å². The minimum absolute atomic E-state index is 0.00820. The Morgan fingerprint density at radius 1 is 1.35 bits per heavy atom. The largest absolute Gasteiger partial charge is 0.462 e. The summed E-state index contributed by atoms with van der Waals surface area (Å²) in [5, 5.41) is 3.27. The number of hydrogen-bond donors (Lipinski definition) is 1. The average molecular weight is 275 g/mol. The van der Waals surface area contributed by atoms with Crippen molar-refractivity contribution >= 4 is 11.8 Å². The number of esters is 1. The first-order chi connectivity index (χ1) is 9.54. The van der Waals surface area contributed by atoms with Gasteiger partial charge in [0, 0.05) is 24.9 Å². The highest BCUT2D eigenvalue weighted by Crippen LogP contribution is 2.31. The Kier molecular flexibility index (Phi) is 4.55. The van der Waals surface area contributed by atoms with Crippen LogP contribution in [0.25, 0.3) is 0 Å². The highest BCUT2D eigenvalue weighted by Gasteiger charge is 2.32. The Labute approximate surface area is 119 Å². The number of hydrogen-bond acceptors (Lipinski definition) is 4. The van der Waals surface area contributed by atoms with Gasteiger partial charge in [-0.3, -0.25) is 4.79 Å². The molecule has 1 aromatic rings. The van der Waals surface area contributed by atoms with Crippen molar-refractivity contribution in [1.82, 2.24) is 5.32 Å². The molecule has 4 nitrogen and oxygen atoms in total. The van der Waals surface area contributed by atoms with Gasteiger partial charge in [-0.25, -0.2) is 4.79 Å². The summed E-state index contributed by atoms with van der Waals surface area (Å²) in [5.74, 6) is 0.0213. The standard InChI is InChI=1S/C16H21NO3/c1-4-20-16(19)12-6-5-10(2)13(7-12)15-9-17-8-14(15)11(3)18/h5-7,14-15,17H,4,8-9H2,1-3H3/t14-,15-/m0/s1. The summed E-state index contributed by atoms with van der Waals surface area (Å²) in [7, 11) is 0. The predicted molar refractivity (Wildman–Crippen MR) is 76.9 cm³/mol. The molecule has 1 aliphatic heterocycles. The Morgan fingerprint density at radius 3 is 2.75 bits per heavy atom. The van der Waals surface area contributed by atoms with E-state index < -0.39 is 0 Å². The lowest BCUT2D eigenvalue weighted by Crippen LogP contribution is -2.20. The summed E-state index contributed by atoms with van der Waals surface area (Å²) >= 11 is 0.